The highest BCUT2D eigenvalue weighted by Crippen LogP contribution is 2.18. The number of unbranched alkanes of at least 4 members (excludes halogenated alkanes) is 36. The number of carbonyl (C=O) groups excluding carboxylic acids is 8. The molecule has 1 aliphatic heterocycles. The zero-order valence-corrected chi connectivity index (χ0v) is 59.4. The first-order chi connectivity index (χ1) is 43.9. The van der Waals surface area contributed by atoms with Gasteiger partial charge in [-0.05, 0) is 25.7 Å². The molecule has 524 valence electrons. The maximum Gasteiger partial charge on any atom is 0.307 e. The summed E-state index contributed by atoms with van der Waals surface area (Å²) < 4.78 is 22.2. The van der Waals surface area contributed by atoms with E-state index in [1.807, 2.05) is 9.80 Å². The summed E-state index contributed by atoms with van der Waals surface area (Å²) in [7, 11) is 0. The Kier molecular flexibility index (Phi) is 59.5. The molecule has 1 aliphatic rings. The standard InChI is InChI=1S/C72H132N4O12S2/c1-5-9-13-17-21-25-29-33-37-41-55-85-65(77)45-49-75(50-46-66(78)86-56-42-38-34-30-26-22-18-14-10-6-2)53-59-89-69(81)61-63-71(83)74-64(72(84)73-63)62-70(82)90-60-54-76(51-47-67(79)87-57-43-39-35-31-27-23-19-15-11-7-3)52-48-68(80)88-58-44-40-36-32-28-24-20-16-12-8-4/h63-64H,5-62H2,1-4H3,(H,73,84)(H,74,83). The molecular formula is C72H132N4O12S2. The van der Waals surface area contributed by atoms with Gasteiger partial charge in [-0.25, -0.2) is 0 Å². The van der Waals surface area contributed by atoms with E-state index in [9.17, 15) is 38.4 Å². The van der Waals surface area contributed by atoms with E-state index in [2.05, 4.69) is 38.3 Å². The predicted octanol–water partition coefficient (Wildman–Crippen LogP) is 16.3. The molecule has 1 heterocycles. The molecule has 0 saturated carbocycles. The van der Waals surface area contributed by atoms with Gasteiger partial charge >= 0.3 is 23.9 Å². The number of carbonyl (C=O) groups is 8. The van der Waals surface area contributed by atoms with E-state index in [4.69, 9.17) is 18.9 Å². The van der Waals surface area contributed by atoms with Gasteiger partial charge in [0.1, 0.15) is 12.1 Å². The SMILES string of the molecule is CCCCCCCCCCCCOC(=O)CCN(CCSC(=O)CC1NC(=O)C(CC(=O)SCCN(CCC(=O)OCCCCCCCCCCCC)CCC(=O)OCCCCCCCCCCCC)NC1=O)CCC(=O)OCCCCCCCCCCCC. The minimum atomic E-state index is -1.10. The molecule has 1 rings (SSSR count). The van der Waals surface area contributed by atoms with Crippen LogP contribution in [0.1, 0.15) is 323 Å². The number of nitrogens with one attached hydrogen (secondary N) is 2. The second-order valence-corrected chi connectivity index (χ2v) is 27.6. The van der Waals surface area contributed by atoms with Gasteiger partial charge in [0.05, 0.1) is 52.1 Å². The van der Waals surface area contributed by atoms with E-state index in [0.717, 1.165) is 101 Å². The number of nitrogens with zero attached hydrogens (tertiary/aromatic N) is 2. The molecule has 0 aliphatic carbocycles. The van der Waals surface area contributed by atoms with Gasteiger partial charge in [0.2, 0.25) is 11.8 Å². The molecular weight excluding hydrogens is 1180 g/mol. The highest BCUT2D eigenvalue weighted by Gasteiger charge is 2.36. The summed E-state index contributed by atoms with van der Waals surface area (Å²) >= 11 is 2.05. The molecule has 0 radical (unpaired) electrons. The Hall–Kier alpha value is -3.22. The lowest BCUT2D eigenvalue weighted by Crippen LogP contribution is -2.62. The van der Waals surface area contributed by atoms with E-state index in [0.29, 0.717) is 77.2 Å². The third kappa shape index (κ3) is 54.2. The molecule has 2 amide bonds. The Morgan fingerprint density at radius 3 is 0.722 bits per heavy atom. The second kappa shape index (κ2) is 63.2. The van der Waals surface area contributed by atoms with Crippen LogP contribution in [-0.4, -0.2) is 145 Å². The third-order valence-corrected chi connectivity index (χ3v) is 18.7. The molecule has 1 saturated heterocycles. The summed E-state index contributed by atoms with van der Waals surface area (Å²) in [5.41, 5.74) is 0. The molecule has 0 bridgehead atoms. The predicted molar refractivity (Wildman–Crippen MR) is 371 cm³/mol. The van der Waals surface area contributed by atoms with Crippen molar-refractivity contribution in [2.75, 3.05) is 77.2 Å². The van der Waals surface area contributed by atoms with Crippen LogP contribution < -0.4 is 10.6 Å². The number of hydrogen-bond donors (Lipinski definition) is 2. The van der Waals surface area contributed by atoms with Gasteiger partial charge in [0.15, 0.2) is 10.2 Å². The topological polar surface area (TPSA) is 204 Å². The highest BCUT2D eigenvalue weighted by atomic mass is 32.2. The Bertz CT molecular complexity index is 1600. The Morgan fingerprint density at radius 1 is 0.311 bits per heavy atom. The summed E-state index contributed by atoms with van der Waals surface area (Å²) in [5.74, 6) is -1.62. The number of amides is 2. The fourth-order valence-electron chi connectivity index (χ4n) is 11.1. The van der Waals surface area contributed by atoms with Crippen LogP contribution in [0.25, 0.3) is 0 Å². The van der Waals surface area contributed by atoms with E-state index >= 15 is 0 Å². The van der Waals surface area contributed by atoms with Crippen LogP contribution in [0.5, 0.6) is 0 Å². The normalized spacial score (nSPS) is 14.0. The quantitative estimate of drug-likeness (QED) is 0.0330. The third-order valence-electron chi connectivity index (χ3n) is 16.9. The maximum absolute atomic E-state index is 13.3. The van der Waals surface area contributed by atoms with Crippen molar-refractivity contribution in [1.29, 1.82) is 0 Å². The first kappa shape index (κ1) is 84.8. The number of ether oxygens (including phenoxy) is 4. The number of esters is 4. The van der Waals surface area contributed by atoms with E-state index in [1.165, 1.54) is 180 Å². The number of thioether (sulfide) groups is 2. The number of rotatable bonds is 66. The molecule has 0 aromatic heterocycles. The summed E-state index contributed by atoms with van der Waals surface area (Å²) in [6, 6.07) is -2.19. The highest BCUT2D eigenvalue weighted by molar-refractivity contribution is 8.13. The molecule has 18 heteroatoms. The molecule has 2 atom stereocenters. The summed E-state index contributed by atoms with van der Waals surface area (Å²) in [4.78, 5) is 108. The molecule has 16 nitrogen and oxygen atoms in total. The Morgan fingerprint density at radius 2 is 0.511 bits per heavy atom. The zero-order chi connectivity index (χ0) is 65.6. The maximum atomic E-state index is 13.3. The van der Waals surface area contributed by atoms with Crippen LogP contribution in [-0.2, 0) is 57.3 Å². The number of hydrogen-bond acceptors (Lipinski definition) is 16. The zero-order valence-electron chi connectivity index (χ0n) is 57.8. The van der Waals surface area contributed by atoms with Crippen molar-refractivity contribution in [3.05, 3.63) is 0 Å². The van der Waals surface area contributed by atoms with Crippen LogP contribution in [0.3, 0.4) is 0 Å². The first-order valence-electron chi connectivity index (χ1n) is 36.9. The van der Waals surface area contributed by atoms with Gasteiger partial charge < -0.3 is 39.4 Å². The molecule has 0 aromatic rings. The largest absolute Gasteiger partial charge is 0.466 e. The van der Waals surface area contributed by atoms with E-state index in [-0.39, 0.29) is 72.6 Å². The van der Waals surface area contributed by atoms with Gasteiger partial charge in [0.25, 0.3) is 0 Å². The average molecular weight is 1310 g/mol. The van der Waals surface area contributed by atoms with Gasteiger partial charge in [-0.3, -0.25) is 38.4 Å². The van der Waals surface area contributed by atoms with E-state index in [1.54, 1.807) is 0 Å². The lowest BCUT2D eigenvalue weighted by atomic mass is 10.1. The van der Waals surface area contributed by atoms with Gasteiger partial charge in [0, 0.05) is 63.6 Å². The fraction of sp³-hybridized carbons (Fsp3) is 0.889. The van der Waals surface area contributed by atoms with Crippen LogP contribution in [0, 0.1) is 0 Å². The fourth-order valence-corrected chi connectivity index (χ4v) is 12.8. The molecule has 0 aromatic carbocycles. The minimum Gasteiger partial charge on any atom is -0.466 e. The molecule has 2 N–H and O–H groups in total. The molecule has 0 spiro atoms. The molecule has 90 heavy (non-hydrogen) atoms. The number of piperazine rings is 1. The minimum absolute atomic E-state index is 0.147. The summed E-state index contributed by atoms with van der Waals surface area (Å²) in [6.07, 6.45) is 47.7. The average Bonchev–Trinajstić information content (AvgIpc) is 1.96. The van der Waals surface area contributed by atoms with Crippen LogP contribution in [0.15, 0.2) is 0 Å². The van der Waals surface area contributed by atoms with Crippen LogP contribution in [0.4, 0.5) is 0 Å². The van der Waals surface area contributed by atoms with Crippen LogP contribution in [0.2, 0.25) is 0 Å². The lowest BCUT2D eigenvalue weighted by molar-refractivity contribution is -0.146. The monoisotopic (exact) mass is 1310 g/mol. The van der Waals surface area contributed by atoms with Crippen molar-refractivity contribution in [3.8, 4) is 0 Å². The van der Waals surface area contributed by atoms with Crippen molar-refractivity contribution in [2.45, 2.75) is 335 Å². The van der Waals surface area contributed by atoms with Crippen molar-refractivity contribution in [1.82, 2.24) is 20.4 Å². The summed E-state index contributed by atoms with van der Waals surface area (Å²) in [5, 5.41) is 4.69. The summed E-state index contributed by atoms with van der Waals surface area (Å²) in [6.45, 7) is 12.6. The van der Waals surface area contributed by atoms with Gasteiger partial charge in [-0.2, -0.15) is 0 Å². The Labute approximate surface area is 556 Å². The smallest absolute Gasteiger partial charge is 0.307 e. The van der Waals surface area contributed by atoms with E-state index < -0.39 is 23.9 Å². The molecule has 1 fully saturated rings. The van der Waals surface area contributed by atoms with Crippen molar-refractivity contribution < 1.29 is 57.3 Å². The second-order valence-electron chi connectivity index (χ2n) is 25.3. The molecule has 2 unspecified atom stereocenters. The van der Waals surface area contributed by atoms with Crippen molar-refractivity contribution in [3.63, 3.8) is 0 Å². The lowest BCUT2D eigenvalue weighted by Gasteiger charge is -2.29. The van der Waals surface area contributed by atoms with Gasteiger partial charge in [-0.1, -0.05) is 282 Å². The van der Waals surface area contributed by atoms with Gasteiger partial charge in [-0.15, -0.1) is 0 Å². The van der Waals surface area contributed by atoms with Crippen molar-refractivity contribution in [2.24, 2.45) is 0 Å². The van der Waals surface area contributed by atoms with Crippen molar-refractivity contribution >= 4 is 69.4 Å². The first-order valence-corrected chi connectivity index (χ1v) is 38.9. The van der Waals surface area contributed by atoms with Crippen LogP contribution >= 0.6 is 23.5 Å². The Balaban J connectivity index is 2.66.